The van der Waals surface area contributed by atoms with Gasteiger partial charge in [0.1, 0.15) is 5.69 Å². The Morgan fingerprint density at radius 2 is 1.75 bits per heavy atom. The van der Waals surface area contributed by atoms with Crippen LogP contribution in [0.3, 0.4) is 0 Å². The summed E-state index contributed by atoms with van der Waals surface area (Å²) in [6, 6.07) is 17.2. The van der Waals surface area contributed by atoms with Crippen LogP contribution in [-0.2, 0) is 6.42 Å². The van der Waals surface area contributed by atoms with E-state index in [2.05, 4.69) is 22.2 Å². The quantitative estimate of drug-likeness (QED) is 0.617. The minimum atomic E-state index is -0.140. The monoisotopic (exact) mass is 335 g/mol. The molecule has 4 rings (SSSR count). The Morgan fingerprint density at radius 1 is 1.00 bits per heavy atom. The van der Waals surface area contributed by atoms with E-state index in [1.165, 1.54) is 10.2 Å². The third-order valence-corrected chi connectivity index (χ3v) is 4.23. The van der Waals surface area contributed by atoms with Gasteiger partial charge in [0.05, 0.1) is 11.3 Å². The maximum atomic E-state index is 12.7. The second-order valence-corrected chi connectivity index (χ2v) is 6.04. The maximum Gasteiger partial charge on any atom is 0.282 e. The van der Waals surface area contributed by atoms with Crippen molar-refractivity contribution in [3.63, 3.8) is 0 Å². The SMILES string of the molecule is O=c1c2c[nH]cc(Cc3ccccc3)c-2nn1-c1ccc(Cl)cc1. The number of aromatic nitrogens is 3. The van der Waals surface area contributed by atoms with Crippen LogP contribution in [0.4, 0.5) is 0 Å². The molecule has 1 N–H and O–H groups in total. The average Bonchev–Trinajstić information content (AvgIpc) is 2.95. The van der Waals surface area contributed by atoms with Crippen LogP contribution in [0.1, 0.15) is 11.1 Å². The average molecular weight is 336 g/mol. The molecule has 2 aliphatic heterocycles. The minimum Gasteiger partial charge on any atom is -0.366 e. The molecule has 0 aliphatic carbocycles. The molecule has 2 aromatic rings. The highest BCUT2D eigenvalue weighted by molar-refractivity contribution is 6.30. The zero-order valence-electron chi connectivity index (χ0n) is 12.7. The molecule has 0 fully saturated rings. The molecule has 24 heavy (non-hydrogen) atoms. The second kappa shape index (κ2) is 5.98. The van der Waals surface area contributed by atoms with E-state index in [4.69, 9.17) is 11.6 Å². The highest BCUT2D eigenvalue weighted by Crippen LogP contribution is 2.23. The molecule has 118 valence electrons. The van der Waals surface area contributed by atoms with E-state index in [1.807, 2.05) is 24.4 Å². The number of H-pyrrole nitrogens is 1. The Morgan fingerprint density at radius 3 is 2.50 bits per heavy atom. The number of fused-ring (bicyclic) bond motifs is 1. The molecule has 0 bridgehead atoms. The molecular formula is C19H14ClN3O. The van der Waals surface area contributed by atoms with E-state index in [9.17, 15) is 4.79 Å². The zero-order valence-corrected chi connectivity index (χ0v) is 13.5. The Hall–Kier alpha value is -2.85. The number of halogens is 1. The van der Waals surface area contributed by atoms with Crippen LogP contribution in [-0.4, -0.2) is 14.8 Å². The van der Waals surface area contributed by atoms with Crippen molar-refractivity contribution in [1.29, 1.82) is 0 Å². The summed E-state index contributed by atoms with van der Waals surface area (Å²) < 4.78 is 1.42. The highest BCUT2D eigenvalue weighted by Gasteiger charge is 2.19. The van der Waals surface area contributed by atoms with E-state index in [-0.39, 0.29) is 5.56 Å². The van der Waals surface area contributed by atoms with Crippen LogP contribution in [0.15, 0.2) is 71.8 Å². The van der Waals surface area contributed by atoms with Crippen molar-refractivity contribution < 1.29 is 0 Å². The lowest BCUT2D eigenvalue weighted by molar-refractivity contribution is 0.854. The van der Waals surface area contributed by atoms with Gasteiger partial charge in [-0.15, -0.1) is 0 Å². The Balaban J connectivity index is 1.82. The molecule has 0 unspecified atom stereocenters. The van der Waals surface area contributed by atoms with E-state index in [0.717, 1.165) is 11.3 Å². The summed E-state index contributed by atoms with van der Waals surface area (Å²) in [4.78, 5) is 15.7. The molecule has 0 aromatic heterocycles. The van der Waals surface area contributed by atoms with Crippen LogP contribution in [0.2, 0.25) is 5.02 Å². The van der Waals surface area contributed by atoms with Crippen LogP contribution < -0.4 is 5.56 Å². The number of hydrogen-bond acceptors (Lipinski definition) is 2. The Kier molecular flexibility index (Phi) is 3.67. The predicted octanol–water partition coefficient (Wildman–Crippen LogP) is 3.91. The number of hydrogen-bond donors (Lipinski definition) is 1. The number of rotatable bonds is 3. The zero-order chi connectivity index (χ0) is 16.5. The fraction of sp³-hybridized carbons (Fsp3) is 0.0526. The lowest BCUT2D eigenvalue weighted by Crippen LogP contribution is -2.14. The van der Waals surface area contributed by atoms with Crippen LogP contribution in [0, 0.1) is 0 Å². The summed E-state index contributed by atoms with van der Waals surface area (Å²) in [5.74, 6) is 0. The van der Waals surface area contributed by atoms with Gasteiger partial charge in [-0.05, 0) is 29.8 Å². The van der Waals surface area contributed by atoms with E-state index < -0.39 is 0 Å². The van der Waals surface area contributed by atoms with Crippen LogP contribution >= 0.6 is 11.6 Å². The Bertz CT molecular complexity index is 1000. The van der Waals surface area contributed by atoms with Crippen molar-refractivity contribution in [3.8, 4) is 16.9 Å². The van der Waals surface area contributed by atoms with Gasteiger partial charge < -0.3 is 4.98 Å². The summed E-state index contributed by atoms with van der Waals surface area (Å²) in [7, 11) is 0. The van der Waals surface area contributed by atoms with Crippen molar-refractivity contribution in [3.05, 3.63) is 93.5 Å². The lowest BCUT2D eigenvalue weighted by Gasteiger charge is -2.05. The van der Waals surface area contributed by atoms with Gasteiger partial charge in [0.15, 0.2) is 0 Å². The first-order valence-electron chi connectivity index (χ1n) is 7.61. The summed E-state index contributed by atoms with van der Waals surface area (Å²) in [6.07, 6.45) is 4.31. The fourth-order valence-corrected chi connectivity index (χ4v) is 2.91. The smallest absolute Gasteiger partial charge is 0.282 e. The van der Waals surface area contributed by atoms with Crippen LogP contribution in [0.25, 0.3) is 16.9 Å². The highest BCUT2D eigenvalue weighted by atomic mass is 35.5. The third kappa shape index (κ3) is 2.61. The summed E-state index contributed by atoms with van der Waals surface area (Å²) in [5.41, 5.74) is 4.02. The van der Waals surface area contributed by atoms with E-state index in [0.29, 0.717) is 22.7 Å². The number of nitrogens with zero attached hydrogens (tertiary/aromatic N) is 2. The number of aromatic amines is 1. The summed E-state index contributed by atoms with van der Waals surface area (Å²) in [5, 5.41) is 5.18. The molecule has 0 saturated heterocycles. The van der Waals surface area contributed by atoms with Gasteiger partial charge in [-0.25, -0.2) is 0 Å². The molecule has 0 radical (unpaired) electrons. The molecule has 0 spiro atoms. The van der Waals surface area contributed by atoms with Gasteiger partial charge >= 0.3 is 0 Å². The molecule has 0 amide bonds. The lowest BCUT2D eigenvalue weighted by atomic mass is 10.0. The molecular weight excluding hydrogens is 322 g/mol. The minimum absolute atomic E-state index is 0.140. The van der Waals surface area contributed by atoms with Gasteiger partial charge in [0.2, 0.25) is 0 Å². The standard InChI is InChI=1S/C19H14ClN3O/c20-15-6-8-16(9-7-15)23-19(24)17-12-21-11-14(18(17)22-23)10-13-4-2-1-3-5-13/h1-9,11-12,21H,10H2. The van der Waals surface area contributed by atoms with Gasteiger partial charge in [-0.2, -0.15) is 9.78 Å². The predicted molar refractivity (Wildman–Crippen MR) is 95.1 cm³/mol. The fourth-order valence-electron chi connectivity index (χ4n) is 2.78. The number of pyridine rings is 1. The molecule has 4 nitrogen and oxygen atoms in total. The first kappa shape index (κ1) is 14.7. The van der Waals surface area contributed by atoms with Crippen molar-refractivity contribution >= 4 is 11.6 Å². The van der Waals surface area contributed by atoms with Crippen molar-refractivity contribution in [2.75, 3.05) is 0 Å². The normalized spacial score (nSPS) is 11.0. The summed E-state index contributed by atoms with van der Waals surface area (Å²) >= 11 is 5.92. The molecule has 2 aliphatic rings. The molecule has 2 heterocycles. The molecule has 2 aromatic carbocycles. The first-order chi connectivity index (χ1) is 11.7. The second-order valence-electron chi connectivity index (χ2n) is 5.60. The number of benzene rings is 2. The van der Waals surface area contributed by atoms with Crippen molar-refractivity contribution in [1.82, 2.24) is 14.8 Å². The van der Waals surface area contributed by atoms with Gasteiger partial charge in [-0.3, -0.25) is 4.79 Å². The van der Waals surface area contributed by atoms with Gasteiger partial charge in [-0.1, -0.05) is 41.9 Å². The maximum absolute atomic E-state index is 12.7. The topological polar surface area (TPSA) is 50.7 Å². The molecule has 5 heteroatoms. The van der Waals surface area contributed by atoms with Crippen molar-refractivity contribution in [2.24, 2.45) is 0 Å². The van der Waals surface area contributed by atoms with E-state index in [1.54, 1.807) is 30.5 Å². The van der Waals surface area contributed by atoms with E-state index >= 15 is 0 Å². The molecule has 0 atom stereocenters. The first-order valence-corrected chi connectivity index (χ1v) is 7.99. The van der Waals surface area contributed by atoms with Gasteiger partial charge in [0, 0.05) is 29.4 Å². The summed E-state index contributed by atoms with van der Waals surface area (Å²) in [6.45, 7) is 0. The molecule has 0 saturated carbocycles. The largest absolute Gasteiger partial charge is 0.366 e. The van der Waals surface area contributed by atoms with Crippen molar-refractivity contribution in [2.45, 2.75) is 6.42 Å². The van der Waals surface area contributed by atoms with Crippen LogP contribution in [0.5, 0.6) is 0 Å². The Labute approximate surface area is 143 Å². The number of nitrogens with one attached hydrogen (secondary N) is 1. The third-order valence-electron chi connectivity index (χ3n) is 3.98. The van der Waals surface area contributed by atoms with Gasteiger partial charge in [0.25, 0.3) is 5.56 Å².